The zero-order chi connectivity index (χ0) is 18.4. The lowest BCUT2D eigenvalue weighted by atomic mass is 10.1. The van der Waals surface area contributed by atoms with Gasteiger partial charge in [0.1, 0.15) is 4.83 Å². The Hall–Kier alpha value is -1.34. The van der Waals surface area contributed by atoms with E-state index < -0.39 is 0 Å². The molecule has 0 saturated carbocycles. The fraction of sp³-hybridized carbons (Fsp3) is 0.278. The minimum Gasteiger partial charge on any atom is -0.293 e. The SMILES string of the molecule is Cn1c(SCC(=O)c2ccc(Cl)c(Cl)c2)nc2sc3c(c2c1=O)CCC3. The first-order chi connectivity index (χ1) is 12.5. The predicted octanol–water partition coefficient (Wildman–Crippen LogP) is 4.77. The second-order valence-electron chi connectivity index (χ2n) is 6.14. The summed E-state index contributed by atoms with van der Waals surface area (Å²) in [7, 11) is 1.71. The fourth-order valence-electron chi connectivity index (χ4n) is 3.12. The molecule has 0 saturated heterocycles. The van der Waals surface area contributed by atoms with Gasteiger partial charge in [0.25, 0.3) is 5.56 Å². The number of hydrogen-bond donors (Lipinski definition) is 0. The monoisotopic (exact) mass is 424 g/mol. The van der Waals surface area contributed by atoms with E-state index in [1.54, 1.807) is 41.2 Å². The van der Waals surface area contributed by atoms with Gasteiger partial charge in [-0.3, -0.25) is 14.2 Å². The van der Waals surface area contributed by atoms with Crippen molar-refractivity contribution >= 4 is 62.3 Å². The van der Waals surface area contributed by atoms with Crippen molar-refractivity contribution in [2.45, 2.75) is 24.4 Å². The van der Waals surface area contributed by atoms with Crippen LogP contribution in [-0.2, 0) is 19.9 Å². The van der Waals surface area contributed by atoms with Crippen molar-refractivity contribution in [3.63, 3.8) is 0 Å². The summed E-state index contributed by atoms with van der Waals surface area (Å²) in [5.41, 5.74) is 1.63. The molecule has 3 aromatic rings. The topological polar surface area (TPSA) is 52.0 Å². The van der Waals surface area contributed by atoms with Gasteiger partial charge < -0.3 is 0 Å². The first kappa shape index (κ1) is 18.0. The third-order valence-corrected chi connectivity index (χ3v) is 7.43. The summed E-state index contributed by atoms with van der Waals surface area (Å²) in [5, 5.41) is 2.07. The van der Waals surface area contributed by atoms with Crippen LogP contribution in [0.2, 0.25) is 10.0 Å². The number of halogens is 2. The molecule has 1 aliphatic carbocycles. The third kappa shape index (κ3) is 3.09. The van der Waals surface area contributed by atoms with E-state index >= 15 is 0 Å². The number of aryl methyl sites for hydroxylation is 2. The molecule has 2 heterocycles. The Morgan fingerprint density at radius 1 is 1.31 bits per heavy atom. The van der Waals surface area contributed by atoms with Gasteiger partial charge in [0.15, 0.2) is 10.9 Å². The van der Waals surface area contributed by atoms with Crippen LogP contribution in [0.25, 0.3) is 10.2 Å². The van der Waals surface area contributed by atoms with Crippen molar-refractivity contribution in [1.29, 1.82) is 0 Å². The minimum atomic E-state index is -0.0865. The average molecular weight is 425 g/mol. The lowest BCUT2D eigenvalue weighted by molar-refractivity contribution is 0.102. The number of thioether (sulfide) groups is 1. The molecular formula is C18H14Cl2N2O2S2. The van der Waals surface area contributed by atoms with Crippen LogP contribution in [0.5, 0.6) is 0 Å². The molecule has 0 aliphatic heterocycles. The van der Waals surface area contributed by atoms with Crippen molar-refractivity contribution in [3.05, 3.63) is 54.6 Å². The van der Waals surface area contributed by atoms with Crippen molar-refractivity contribution < 1.29 is 4.79 Å². The van der Waals surface area contributed by atoms with Gasteiger partial charge in [-0.05, 0) is 43.0 Å². The van der Waals surface area contributed by atoms with E-state index in [1.165, 1.54) is 22.2 Å². The Balaban J connectivity index is 1.61. The molecule has 0 unspecified atom stereocenters. The van der Waals surface area contributed by atoms with Crippen LogP contribution in [-0.4, -0.2) is 21.1 Å². The molecule has 1 aromatic carbocycles. The molecule has 26 heavy (non-hydrogen) atoms. The maximum absolute atomic E-state index is 12.8. The smallest absolute Gasteiger partial charge is 0.262 e. The Morgan fingerprint density at radius 3 is 2.88 bits per heavy atom. The van der Waals surface area contributed by atoms with E-state index in [2.05, 4.69) is 4.98 Å². The molecule has 0 atom stereocenters. The first-order valence-electron chi connectivity index (χ1n) is 8.08. The third-order valence-electron chi connectivity index (χ3n) is 4.48. The number of carbonyl (C=O) groups excluding carboxylic acids is 1. The maximum atomic E-state index is 12.8. The van der Waals surface area contributed by atoms with Crippen LogP contribution in [0, 0.1) is 0 Å². The summed E-state index contributed by atoms with van der Waals surface area (Å²) >= 11 is 14.7. The van der Waals surface area contributed by atoms with E-state index in [0.29, 0.717) is 20.8 Å². The van der Waals surface area contributed by atoms with Crippen LogP contribution in [0.3, 0.4) is 0 Å². The van der Waals surface area contributed by atoms with Gasteiger partial charge >= 0.3 is 0 Å². The highest BCUT2D eigenvalue weighted by atomic mass is 35.5. The Bertz CT molecular complexity index is 1100. The van der Waals surface area contributed by atoms with E-state index in [1.807, 2.05) is 0 Å². The standard InChI is InChI=1S/C18H14Cl2N2O2S2/c1-22-17(24)15-10-3-2-4-14(10)26-16(15)21-18(22)25-8-13(23)9-5-6-11(19)12(20)7-9/h5-7H,2-4,8H2,1H3. The van der Waals surface area contributed by atoms with Gasteiger partial charge in [-0.15, -0.1) is 11.3 Å². The highest BCUT2D eigenvalue weighted by molar-refractivity contribution is 7.99. The van der Waals surface area contributed by atoms with Gasteiger partial charge in [-0.1, -0.05) is 35.0 Å². The van der Waals surface area contributed by atoms with Gasteiger partial charge in [-0.25, -0.2) is 4.98 Å². The molecule has 0 spiro atoms. The average Bonchev–Trinajstić information content (AvgIpc) is 3.19. The summed E-state index contributed by atoms with van der Waals surface area (Å²) in [4.78, 5) is 31.9. The van der Waals surface area contributed by atoms with Crippen LogP contribution in [0.4, 0.5) is 0 Å². The predicted molar refractivity (Wildman–Crippen MR) is 108 cm³/mol. The molecule has 0 radical (unpaired) electrons. The number of fused-ring (bicyclic) bond motifs is 3. The van der Waals surface area contributed by atoms with E-state index in [0.717, 1.165) is 29.5 Å². The molecule has 0 fully saturated rings. The van der Waals surface area contributed by atoms with Crippen LogP contribution >= 0.6 is 46.3 Å². The minimum absolute atomic E-state index is 0.0288. The van der Waals surface area contributed by atoms with Gasteiger partial charge in [0.05, 0.1) is 21.2 Å². The number of ketones is 1. The second kappa shape index (κ2) is 7.00. The molecule has 8 heteroatoms. The normalized spacial score (nSPS) is 13.3. The molecule has 0 amide bonds. The van der Waals surface area contributed by atoms with E-state index in [4.69, 9.17) is 23.2 Å². The van der Waals surface area contributed by atoms with Crippen molar-refractivity contribution in [2.75, 3.05) is 5.75 Å². The van der Waals surface area contributed by atoms with E-state index in [9.17, 15) is 9.59 Å². The Morgan fingerprint density at radius 2 is 2.12 bits per heavy atom. The number of benzene rings is 1. The number of Topliss-reactive ketones (excluding diaryl/α,β-unsaturated/α-hetero) is 1. The molecule has 4 nitrogen and oxygen atoms in total. The molecule has 2 aromatic heterocycles. The number of aromatic nitrogens is 2. The Kier molecular flexibility index (Phi) is 4.86. The molecule has 134 valence electrons. The number of hydrogen-bond acceptors (Lipinski definition) is 5. The Labute approximate surface area is 168 Å². The summed E-state index contributed by atoms with van der Waals surface area (Å²) < 4.78 is 1.54. The highest BCUT2D eigenvalue weighted by Gasteiger charge is 2.22. The van der Waals surface area contributed by atoms with Crippen molar-refractivity contribution in [1.82, 2.24) is 9.55 Å². The van der Waals surface area contributed by atoms with Crippen molar-refractivity contribution in [3.8, 4) is 0 Å². The quantitative estimate of drug-likeness (QED) is 0.344. The largest absolute Gasteiger partial charge is 0.293 e. The summed E-state index contributed by atoms with van der Waals surface area (Å²) in [6.45, 7) is 0. The van der Waals surface area contributed by atoms with Gasteiger partial charge in [-0.2, -0.15) is 0 Å². The van der Waals surface area contributed by atoms with Gasteiger partial charge in [0, 0.05) is 17.5 Å². The number of thiophene rings is 1. The lowest BCUT2D eigenvalue weighted by Crippen LogP contribution is -2.20. The van der Waals surface area contributed by atoms with Gasteiger partial charge in [0.2, 0.25) is 0 Å². The number of rotatable bonds is 4. The first-order valence-corrected chi connectivity index (χ1v) is 10.6. The number of nitrogens with zero attached hydrogens (tertiary/aromatic N) is 2. The molecule has 1 aliphatic rings. The molecule has 0 bridgehead atoms. The van der Waals surface area contributed by atoms with Crippen LogP contribution in [0.1, 0.15) is 27.2 Å². The summed E-state index contributed by atoms with van der Waals surface area (Å²) in [6.07, 6.45) is 3.08. The molecule has 4 rings (SSSR count). The zero-order valence-corrected chi connectivity index (χ0v) is 17.0. The summed E-state index contributed by atoms with van der Waals surface area (Å²) in [5.74, 6) is 0.0889. The molecule has 0 N–H and O–H groups in total. The second-order valence-corrected chi connectivity index (χ2v) is 8.98. The number of carbonyl (C=O) groups is 1. The molecular weight excluding hydrogens is 411 g/mol. The fourth-order valence-corrected chi connectivity index (χ4v) is 5.58. The van der Waals surface area contributed by atoms with Crippen LogP contribution in [0.15, 0.2) is 28.2 Å². The zero-order valence-electron chi connectivity index (χ0n) is 13.8. The lowest BCUT2D eigenvalue weighted by Gasteiger charge is -2.07. The highest BCUT2D eigenvalue weighted by Crippen LogP contribution is 2.35. The summed E-state index contributed by atoms with van der Waals surface area (Å²) in [6, 6.07) is 4.82. The van der Waals surface area contributed by atoms with E-state index in [-0.39, 0.29) is 17.1 Å². The van der Waals surface area contributed by atoms with Crippen molar-refractivity contribution in [2.24, 2.45) is 7.05 Å². The maximum Gasteiger partial charge on any atom is 0.262 e. The van der Waals surface area contributed by atoms with Crippen LogP contribution < -0.4 is 5.56 Å².